The monoisotopic (exact) mass is 531 g/mol. The van der Waals surface area contributed by atoms with Crippen LogP contribution in [0.15, 0.2) is 59.7 Å². The summed E-state index contributed by atoms with van der Waals surface area (Å²) in [6.07, 6.45) is 12.9. The lowest BCUT2D eigenvalue weighted by molar-refractivity contribution is 0.0860. The average Bonchev–Trinajstić information content (AvgIpc) is 2.95. The summed E-state index contributed by atoms with van der Waals surface area (Å²) in [7, 11) is 0. The molecule has 2 aliphatic rings. The van der Waals surface area contributed by atoms with Crippen LogP contribution in [-0.2, 0) is 0 Å². The molecule has 2 unspecified atom stereocenters. The van der Waals surface area contributed by atoms with Gasteiger partial charge < -0.3 is 10.4 Å². The molecule has 2 amide bonds. The number of rotatable bonds is 6. The molecule has 3 aromatic carbocycles. The number of phenols is 1. The van der Waals surface area contributed by atoms with Gasteiger partial charge in [-0.2, -0.15) is 5.10 Å². The second-order valence-corrected chi connectivity index (χ2v) is 10.9. The number of carbonyl (C=O) groups is 2. The molecule has 7 heteroatoms. The maximum Gasteiger partial charge on any atom is 0.271 e. The molecular formula is C31H34ClN3O3. The third-order valence-electron chi connectivity index (χ3n) is 8.17. The van der Waals surface area contributed by atoms with Crippen LogP contribution >= 0.6 is 11.6 Å². The first-order chi connectivity index (χ1) is 18.5. The highest BCUT2D eigenvalue weighted by molar-refractivity contribution is 6.32. The maximum atomic E-state index is 13.5. The smallest absolute Gasteiger partial charge is 0.271 e. The van der Waals surface area contributed by atoms with Gasteiger partial charge in [-0.3, -0.25) is 9.59 Å². The predicted molar refractivity (Wildman–Crippen MR) is 152 cm³/mol. The van der Waals surface area contributed by atoms with Gasteiger partial charge in [-0.15, -0.1) is 0 Å². The average molecular weight is 532 g/mol. The fourth-order valence-corrected chi connectivity index (χ4v) is 6.40. The molecule has 2 fully saturated rings. The summed E-state index contributed by atoms with van der Waals surface area (Å²) in [5, 5.41) is 18.9. The second-order valence-electron chi connectivity index (χ2n) is 10.5. The van der Waals surface area contributed by atoms with Gasteiger partial charge in [-0.25, -0.2) is 5.43 Å². The van der Waals surface area contributed by atoms with Crippen molar-refractivity contribution in [2.45, 2.75) is 63.8 Å². The van der Waals surface area contributed by atoms with Gasteiger partial charge in [0.1, 0.15) is 5.75 Å². The minimum atomic E-state index is -0.441. The van der Waals surface area contributed by atoms with E-state index in [1.54, 1.807) is 6.21 Å². The van der Waals surface area contributed by atoms with Crippen molar-refractivity contribution in [2.24, 2.45) is 16.9 Å². The van der Waals surface area contributed by atoms with Crippen molar-refractivity contribution in [3.63, 3.8) is 0 Å². The molecule has 0 bridgehead atoms. The highest BCUT2D eigenvalue weighted by Gasteiger charge is 2.33. The number of amides is 2. The molecule has 0 heterocycles. The number of hydrogen-bond acceptors (Lipinski definition) is 4. The minimum absolute atomic E-state index is 0.0186. The van der Waals surface area contributed by atoms with E-state index in [4.69, 9.17) is 11.6 Å². The number of hydrazone groups is 1. The van der Waals surface area contributed by atoms with Crippen LogP contribution in [0.4, 0.5) is 0 Å². The molecule has 2 atom stereocenters. The highest BCUT2D eigenvalue weighted by atomic mass is 35.5. The van der Waals surface area contributed by atoms with E-state index < -0.39 is 5.91 Å². The lowest BCUT2D eigenvalue weighted by Crippen LogP contribution is -2.45. The first-order valence-electron chi connectivity index (χ1n) is 13.7. The van der Waals surface area contributed by atoms with E-state index in [1.165, 1.54) is 69.6 Å². The van der Waals surface area contributed by atoms with Crippen LogP contribution in [0.5, 0.6) is 5.75 Å². The van der Waals surface area contributed by atoms with Crippen molar-refractivity contribution in [1.29, 1.82) is 0 Å². The molecule has 6 nitrogen and oxygen atoms in total. The number of halogens is 1. The molecule has 0 saturated heterocycles. The maximum absolute atomic E-state index is 13.5. The number of aromatic hydroxyl groups is 1. The number of fused-ring (bicyclic) bond motifs is 1. The summed E-state index contributed by atoms with van der Waals surface area (Å²) < 4.78 is 0. The largest absolute Gasteiger partial charge is 0.506 e. The Balaban J connectivity index is 1.32. The van der Waals surface area contributed by atoms with Crippen molar-refractivity contribution in [2.75, 3.05) is 0 Å². The summed E-state index contributed by atoms with van der Waals surface area (Å²) in [4.78, 5) is 26.0. The van der Waals surface area contributed by atoms with Gasteiger partial charge in [0.15, 0.2) is 0 Å². The van der Waals surface area contributed by atoms with E-state index in [2.05, 4.69) is 15.8 Å². The van der Waals surface area contributed by atoms with Crippen molar-refractivity contribution in [3.8, 4) is 5.75 Å². The molecule has 2 aliphatic carbocycles. The molecule has 0 radical (unpaired) electrons. The Labute approximate surface area is 228 Å². The molecule has 0 aliphatic heterocycles. The number of benzene rings is 3. The van der Waals surface area contributed by atoms with E-state index in [9.17, 15) is 14.7 Å². The lowest BCUT2D eigenvalue weighted by Gasteiger charge is -2.39. The standard InChI is InChI=1S/C31H34ClN3O3/c32-27-18-21(15-17-29(27)36)30(37)35-33-19-22-14-16-26(25-12-5-4-10-23(22)25)31(38)34-28-13-7-6-11-24(28)20-8-2-1-3-9-20/h4-5,10,12,14-20,24,28,36H,1-3,6-9,11,13H2,(H,34,38)(H,35,37)/b33-19+. The van der Waals surface area contributed by atoms with Gasteiger partial charge in [0.25, 0.3) is 11.8 Å². The van der Waals surface area contributed by atoms with Crippen molar-refractivity contribution >= 4 is 40.4 Å². The fraction of sp³-hybridized carbons (Fsp3) is 0.387. The van der Waals surface area contributed by atoms with E-state index in [-0.39, 0.29) is 28.3 Å². The van der Waals surface area contributed by atoms with Crippen molar-refractivity contribution in [3.05, 3.63) is 76.3 Å². The number of phenolic OH excluding ortho intramolecular Hbond substituents is 1. The van der Waals surface area contributed by atoms with Gasteiger partial charge in [0.2, 0.25) is 0 Å². The molecule has 2 saturated carbocycles. The minimum Gasteiger partial charge on any atom is -0.506 e. The molecule has 3 N–H and O–H groups in total. The van der Waals surface area contributed by atoms with Crippen LogP contribution < -0.4 is 10.7 Å². The number of carbonyl (C=O) groups excluding carboxylic acids is 2. The first kappa shape index (κ1) is 26.2. The number of nitrogens with zero attached hydrogens (tertiary/aromatic N) is 1. The molecule has 38 heavy (non-hydrogen) atoms. The summed E-state index contributed by atoms with van der Waals surface area (Å²) in [6, 6.07) is 15.9. The Hall–Kier alpha value is -3.38. The molecule has 0 aromatic heterocycles. The Morgan fingerprint density at radius 1 is 0.868 bits per heavy atom. The predicted octanol–water partition coefficient (Wildman–Crippen LogP) is 6.83. The van der Waals surface area contributed by atoms with Gasteiger partial charge in [0.05, 0.1) is 11.2 Å². The lowest BCUT2D eigenvalue weighted by atomic mass is 9.71. The Morgan fingerprint density at radius 3 is 2.39 bits per heavy atom. The van der Waals surface area contributed by atoms with Crippen molar-refractivity contribution in [1.82, 2.24) is 10.7 Å². The quantitative estimate of drug-likeness (QED) is 0.240. The summed E-state index contributed by atoms with van der Waals surface area (Å²) in [5.74, 6) is 0.768. The van der Waals surface area contributed by atoms with Gasteiger partial charge in [0, 0.05) is 22.7 Å². The van der Waals surface area contributed by atoms with Crippen LogP contribution in [0.3, 0.4) is 0 Å². The van der Waals surface area contributed by atoms with Crippen LogP contribution in [-0.4, -0.2) is 29.2 Å². The van der Waals surface area contributed by atoms with Gasteiger partial charge >= 0.3 is 0 Å². The van der Waals surface area contributed by atoms with Gasteiger partial charge in [-0.05, 0) is 59.7 Å². The summed E-state index contributed by atoms with van der Waals surface area (Å²) in [6.45, 7) is 0. The number of nitrogens with one attached hydrogen (secondary N) is 2. The molecular weight excluding hydrogens is 498 g/mol. The molecule has 0 spiro atoms. The van der Waals surface area contributed by atoms with Crippen LogP contribution in [0, 0.1) is 11.8 Å². The Morgan fingerprint density at radius 2 is 1.61 bits per heavy atom. The van der Waals surface area contributed by atoms with Crippen LogP contribution in [0.2, 0.25) is 5.02 Å². The molecule has 5 rings (SSSR count). The van der Waals surface area contributed by atoms with Crippen LogP contribution in [0.1, 0.15) is 84.1 Å². The zero-order valence-electron chi connectivity index (χ0n) is 21.5. The third kappa shape index (κ3) is 5.86. The Kier molecular flexibility index (Phi) is 8.28. The molecule has 3 aromatic rings. The zero-order valence-corrected chi connectivity index (χ0v) is 22.2. The fourth-order valence-electron chi connectivity index (χ4n) is 6.22. The van der Waals surface area contributed by atoms with Gasteiger partial charge in [-0.1, -0.05) is 86.9 Å². The Bertz CT molecular complexity index is 1350. The third-order valence-corrected chi connectivity index (χ3v) is 8.48. The highest BCUT2D eigenvalue weighted by Crippen LogP contribution is 2.38. The SMILES string of the molecule is O=C(N/N=C/c1ccc(C(=O)NC2CCCCC2C2CCCCC2)c2ccccc12)c1ccc(O)c(Cl)c1. The topological polar surface area (TPSA) is 90.8 Å². The normalized spacial score (nSPS) is 20.4. The van der Waals surface area contributed by atoms with Crippen LogP contribution in [0.25, 0.3) is 10.8 Å². The van der Waals surface area contributed by atoms with E-state index in [0.717, 1.165) is 28.7 Å². The molecule has 198 valence electrons. The summed E-state index contributed by atoms with van der Waals surface area (Å²) >= 11 is 5.90. The zero-order chi connectivity index (χ0) is 26.5. The summed E-state index contributed by atoms with van der Waals surface area (Å²) in [5.41, 5.74) is 4.24. The first-order valence-corrected chi connectivity index (χ1v) is 14.0. The van der Waals surface area contributed by atoms with E-state index in [0.29, 0.717) is 11.5 Å². The van der Waals surface area contributed by atoms with E-state index in [1.807, 2.05) is 36.4 Å². The second kappa shape index (κ2) is 12.0. The van der Waals surface area contributed by atoms with Crippen molar-refractivity contribution < 1.29 is 14.7 Å². The van der Waals surface area contributed by atoms with E-state index >= 15 is 0 Å². The number of hydrogen-bond donors (Lipinski definition) is 3.